The van der Waals surface area contributed by atoms with Crippen molar-refractivity contribution < 1.29 is 19.2 Å². The standard InChI is InChI=1S/C22H22N4O7/c1-3-33-20(28)12-17(14-7-5-4-6-8-14)23-19(27)13-25-21(29)16-11-15(26(31)32)9-10-18(16)24(2)22(25)30/h4-11,17H,3,12-13H2,1-2H3,(H,23,27). The van der Waals surface area contributed by atoms with Gasteiger partial charge in [0.05, 0.1) is 34.9 Å². The minimum absolute atomic E-state index is 0.0646. The van der Waals surface area contributed by atoms with Crippen LogP contribution in [0.2, 0.25) is 0 Å². The first kappa shape index (κ1) is 23.4. The topological polar surface area (TPSA) is 143 Å². The van der Waals surface area contributed by atoms with Gasteiger partial charge in [-0.2, -0.15) is 0 Å². The van der Waals surface area contributed by atoms with Crippen LogP contribution in [0, 0.1) is 10.1 Å². The smallest absolute Gasteiger partial charge is 0.331 e. The van der Waals surface area contributed by atoms with Crippen molar-refractivity contribution in [3.63, 3.8) is 0 Å². The van der Waals surface area contributed by atoms with Crippen molar-refractivity contribution in [1.82, 2.24) is 14.5 Å². The third-order valence-corrected chi connectivity index (χ3v) is 5.06. The number of non-ortho nitro benzene ring substituents is 1. The highest BCUT2D eigenvalue weighted by molar-refractivity contribution is 5.82. The molecule has 0 aliphatic rings. The van der Waals surface area contributed by atoms with Gasteiger partial charge in [-0.3, -0.25) is 33.6 Å². The number of nitro benzene ring substituents is 1. The van der Waals surface area contributed by atoms with Crippen LogP contribution in [0.1, 0.15) is 24.9 Å². The molecule has 1 atom stereocenters. The fourth-order valence-corrected chi connectivity index (χ4v) is 3.46. The van der Waals surface area contributed by atoms with Crippen molar-refractivity contribution in [3.8, 4) is 0 Å². The van der Waals surface area contributed by atoms with Crippen molar-refractivity contribution >= 4 is 28.5 Å². The zero-order valence-corrected chi connectivity index (χ0v) is 18.0. The number of amides is 1. The summed E-state index contributed by atoms with van der Waals surface area (Å²) in [5.41, 5.74) is -1.04. The molecule has 3 aromatic rings. The Morgan fingerprint density at radius 3 is 2.48 bits per heavy atom. The molecular weight excluding hydrogens is 432 g/mol. The number of fused-ring (bicyclic) bond motifs is 1. The molecule has 0 saturated carbocycles. The predicted octanol–water partition coefficient (Wildman–Crippen LogP) is 1.42. The van der Waals surface area contributed by atoms with Crippen molar-refractivity contribution in [2.24, 2.45) is 7.05 Å². The summed E-state index contributed by atoms with van der Waals surface area (Å²) < 4.78 is 6.81. The van der Waals surface area contributed by atoms with E-state index in [0.29, 0.717) is 10.1 Å². The second kappa shape index (κ2) is 9.90. The number of hydrogen-bond donors (Lipinski definition) is 1. The Balaban J connectivity index is 1.94. The number of nitro groups is 1. The van der Waals surface area contributed by atoms with Gasteiger partial charge in [-0.1, -0.05) is 30.3 Å². The van der Waals surface area contributed by atoms with Gasteiger partial charge in [0.1, 0.15) is 6.54 Å². The Morgan fingerprint density at radius 1 is 1.15 bits per heavy atom. The number of aromatic nitrogens is 2. The van der Waals surface area contributed by atoms with Crippen LogP contribution in [-0.4, -0.2) is 32.5 Å². The molecule has 172 valence electrons. The molecule has 1 unspecified atom stereocenters. The number of nitrogens with one attached hydrogen (secondary N) is 1. The fourth-order valence-electron chi connectivity index (χ4n) is 3.46. The molecule has 11 heteroatoms. The number of benzene rings is 2. The highest BCUT2D eigenvalue weighted by Crippen LogP contribution is 2.18. The minimum atomic E-state index is -0.825. The average Bonchev–Trinajstić information content (AvgIpc) is 2.80. The van der Waals surface area contributed by atoms with Crippen LogP contribution < -0.4 is 16.6 Å². The highest BCUT2D eigenvalue weighted by atomic mass is 16.6. The van der Waals surface area contributed by atoms with Gasteiger partial charge in [-0.25, -0.2) is 4.79 Å². The second-order valence-corrected chi connectivity index (χ2v) is 7.23. The summed E-state index contributed by atoms with van der Waals surface area (Å²) in [5.74, 6) is -1.20. The van der Waals surface area contributed by atoms with Crippen LogP contribution in [-0.2, 0) is 27.9 Å². The van der Waals surface area contributed by atoms with Crippen molar-refractivity contribution in [2.75, 3.05) is 6.61 Å². The van der Waals surface area contributed by atoms with Gasteiger partial charge in [0.2, 0.25) is 5.91 Å². The lowest BCUT2D eigenvalue weighted by atomic mass is 10.0. The summed E-state index contributed by atoms with van der Waals surface area (Å²) in [6, 6.07) is 11.6. The Labute approximate surface area is 187 Å². The normalized spacial score (nSPS) is 11.7. The summed E-state index contributed by atoms with van der Waals surface area (Å²) in [5, 5.41) is 13.7. The summed E-state index contributed by atoms with van der Waals surface area (Å²) in [7, 11) is 1.40. The number of esters is 1. The third kappa shape index (κ3) is 5.14. The molecule has 0 saturated heterocycles. The largest absolute Gasteiger partial charge is 0.466 e. The number of ether oxygens (including phenoxy) is 1. The van der Waals surface area contributed by atoms with Gasteiger partial charge >= 0.3 is 11.7 Å². The Bertz CT molecular complexity index is 1330. The SMILES string of the molecule is CCOC(=O)CC(NC(=O)Cn1c(=O)c2cc([N+](=O)[O-])ccc2n(C)c1=O)c1ccccc1. The molecule has 0 fully saturated rings. The Kier molecular flexibility index (Phi) is 7.01. The van der Waals surface area contributed by atoms with Gasteiger partial charge in [0.25, 0.3) is 11.2 Å². The molecule has 1 aromatic heterocycles. The van der Waals surface area contributed by atoms with Gasteiger partial charge in [0.15, 0.2) is 0 Å². The molecule has 0 bridgehead atoms. The fraction of sp³-hybridized carbons (Fsp3) is 0.273. The zero-order chi connectivity index (χ0) is 24.1. The lowest BCUT2D eigenvalue weighted by Crippen LogP contribution is -2.44. The van der Waals surface area contributed by atoms with Crippen LogP contribution in [0.25, 0.3) is 10.9 Å². The van der Waals surface area contributed by atoms with Gasteiger partial charge < -0.3 is 10.1 Å². The Morgan fingerprint density at radius 2 is 1.85 bits per heavy atom. The second-order valence-electron chi connectivity index (χ2n) is 7.23. The summed E-state index contributed by atoms with van der Waals surface area (Å²) in [6.45, 7) is 1.22. The Hall–Kier alpha value is -4.28. The molecule has 1 amide bonds. The van der Waals surface area contributed by atoms with E-state index in [4.69, 9.17) is 4.74 Å². The van der Waals surface area contributed by atoms with E-state index in [1.54, 1.807) is 37.3 Å². The molecule has 0 spiro atoms. The van der Waals surface area contributed by atoms with E-state index in [2.05, 4.69) is 5.32 Å². The minimum Gasteiger partial charge on any atom is -0.466 e. The lowest BCUT2D eigenvalue weighted by Gasteiger charge is -2.19. The van der Waals surface area contributed by atoms with Crippen LogP contribution in [0.5, 0.6) is 0 Å². The molecule has 3 rings (SSSR count). The van der Waals surface area contributed by atoms with Crippen LogP contribution in [0.3, 0.4) is 0 Å². The van der Waals surface area contributed by atoms with E-state index in [9.17, 15) is 29.3 Å². The number of hydrogen-bond acceptors (Lipinski definition) is 7. The van der Waals surface area contributed by atoms with Crippen LogP contribution >= 0.6 is 0 Å². The van der Waals surface area contributed by atoms with E-state index in [-0.39, 0.29) is 29.6 Å². The molecular formula is C22H22N4O7. The number of nitrogens with zero attached hydrogens (tertiary/aromatic N) is 3. The summed E-state index contributed by atoms with van der Waals surface area (Å²) in [6.07, 6.45) is -0.138. The maximum Gasteiger partial charge on any atom is 0.331 e. The van der Waals surface area contributed by atoms with E-state index in [1.165, 1.54) is 19.2 Å². The zero-order valence-electron chi connectivity index (χ0n) is 18.0. The quantitative estimate of drug-likeness (QED) is 0.308. The number of rotatable bonds is 8. The first-order valence-electron chi connectivity index (χ1n) is 10.1. The first-order valence-corrected chi connectivity index (χ1v) is 10.1. The molecule has 1 N–H and O–H groups in total. The first-order chi connectivity index (χ1) is 15.7. The van der Waals surface area contributed by atoms with Crippen LogP contribution in [0.4, 0.5) is 5.69 Å². The van der Waals surface area contributed by atoms with Gasteiger partial charge in [0, 0.05) is 19.2 Å². The van der Waals surface area contributed by atoms with Crippen molar-refractivity contribution in [1.29, 1.82) is 0 Å². The molecule has 33 heavy (non-hydrogen) atoms. The van der Waals surface area contributed by atoms with E-state index in [1.807, 2.05) is 0 Å². The molecule has 1 heterocycles. The maximum absolute atomic E-state index is 12.9. The van der Waals surface area contributed by atoms with Crippen molar-refractivity contribution in [2.45, 2.75) is 25.9 Å². The van der Waals surface area contributed by atoms with E-state index in [0.717, 1.165) is 10.6 Å². The number of carbonyl (C=O) groups is 2. The molecule has 0 aliphatic heterocycles. The third-order valence-electron chi connectivity index (χ3n) is 5.06. The van der Waals surface area contributed by atoms with Gasteiger partial charge in [-0.15, -0.1) is 0 Å². The molecule has 2 aromatic carbocycles. The summed E-state index contributed by atoms with van der Waals surface area (Å²) in [4.78, 5) is 60.9. The monoisotopic (exact) mass is 454 g/mol. The van der Waals surface area contributed by atoms with Gasteiger partial charge in [-0.05, 0) is 18.6 Å². The lowest BCUT2D eigenvalue weighted by molar-refractivity contribution is -0.384. The van der Waals surface area contributed by atoms with E-state index < -0.39 is 40.6 Å². The predicted molar refractivity (Wildman–Crippen MR) is 119 cm³/mol. The molecule has 0 radical (unpaired) electrons. The number of carbonyl (C=O) groups excluding carboxylic acids is 2. The highest BCUT2D eigenvalue weighted by Gasteiger charge is 2.21. The molecule has 11 nitrogen and oxygen atoms in total. The van der Waals surface area contributed by atoms with Crippen molar-refractivity contribution in [3.05, 3.63) is 85.0 Å². The summed E-state index contributed by atoms with van der Waals surface area (Å²) >= 11 is 0. The molecule has 0 aliphatic carbocycles. The number of aryl methyl sites for hydroxylation is 1. The average molecular weight is 454 g/mol. The maximum atomic E-state index is 12.9. The van der Waals surface area contributed by atoms with Crippen LogP contribution in [0.15, 0.2) is 58.1 Å². The van der Waals surface area contributed by atoms with E-state index >= 15 is 0 Å².